The summed E-state index contributed by atoms with van der Waals surface area (Å²) >= 11 is 0. The van der Waals surface area contributed by atoms with Gasteiger partial charge in [-0.1, -0.05) is 26.0 Å². The molecule has 3 rings (SSSR count). The molecule has 1 N–H and O–H groups in total. The highest BCUT2D eigenvalue weighted by Crippen LogP contribution is 2.17. The predicted molar refractivity (Wildman–Crippen MR) is 120 cm³/mol. The van der Waals surface area contributed by atoms with Crippen molar-refractivity contribution < 1.29 is 4.79 Å². The number of anilines is 1. The van der Waals surface area contributed by atoms with E-state index in [1.165, 1.54) is 11.3 Å². The van der Waals surface area contributed by atoms with Crippen LogP contribution < -0.4 is 10.2 Å². The lowest BCUT2D eigenvalue weighted by atomic mass is 10.1. The molecule has 0 aliphatic carbocycles. The average molecular weight is 413 g/mol. The van der Waals surface area contributed by atoms with Gasteiger partial charge in [0.1, 0.15) is 5.82 Å². The Bertz CT molecular complexity index is 812. The van der Waals surface area contributed by atoms with Crippen LogP contribution in [-0.4, -0.2) is 51.8 Å². The minimum absolute atomic E-state index is 0.0279. The molecule has 0 radical (unpaired) electrons. The molecule has 1 aromatic heterocycles. The van der Waals surface area contributed by atoms with Crippen molar-refractivity contribution in [2.45, 2.75) is 60.2 Å². The normalized spacial score (nSPS) is 15.3. The number of aromatic nitrogens is 3. The molecular formula is C23H36N6O. The highest BCUT2D eigenvalue weighted by Gasteiger charge is 2.20. The van der Waals surface area contributed by atoms with Gasteiger partial charge in [0.25, 0.3) is 0 Å². The zero-order valence-corrected chi connectivity index (χ0v) is 18.9. The van der Waals surface area contributed by atoms with Crippen LogP contribution in [-0.2, 0) is 30.8 Å². The maximum Gasteiger partial charge on any atom is 0.223 e. The Kier molecular flexibility index (Phi) is 7.85. The summed E-state index contributed by atoms with van der Waals surface area (Å²) in [6, 6.07) is 8.95. The molecule has 7 nitrogen and oxygen atoms in total. The highest BCUT2D eigenvalue weighted by molar-refractivity contribution is 5.78. The standard InChI is InChI=1S/C23H36N6O/c1-5-18(4)23(30)24-16-22-26-25-21-12-13-27(14-15-29(21)22)17-19-8-10-20(11-9-19)28(6-2)7-3/h8-11,18H,5-7,12-17H2,1-4H3,(H,24,30). The number of benzene rings is 1. The number of carbonyl (C=O) groups excluding carboxylic acids is 1. The summed E-state index contributed by atoms with van der Waals surface area (Å²) in [5, 5.41) is 11.7. The number of nitrogens with one attached hydrogen (secondary N) is 1. The first-order valence-electron chi connectivity index (χ1n) is 11.3. The van der Waals surface area contributed by atoms with E-state index in [4.69, 9.17) is 0 Å². The molecular weight excluding hydrogens is 376 g/mol. The maximum absolute atomic E-state index is 12.1. The van der Waals surface area contributed by atoms with E-state index in [1.807, 2.05) is 13.8 Å². The molecule has 0 spiro atoms. The molecule has 0 saturated carbocycles. The third-order valence-corrected chi connectivity index (χ3v) is 6.15. The van der Waals surface area contributed by atoms with Crippen LogP contribution in [0.4, 0.5) is 5.69 Å². The van der Waals surface area contributed by atoms with Crippen molar-refractivity contribution in [3.8, 4) is 0 Å². The number of fused-ring (bicyclic) bond motifs is 1. The number of hydrogen-bond acceptors (Lipinski definition) is 5. The van der Waals surface area contributed by atoms with E-state index in [2.05, 4.69) is 68.0 Å². The van der Waals surface area contributed by atoms with Gasteiger partial charge in [0.05, 0.1) is 6.54 Å². The van der Waals surface area contributed by atoms with Crippen molar-refractivity contribution in [2.75, 3.05) is 31.1 Å². The van der Waals surface area contributed by atoms with Gasteiger partial charge in [-0.15, -0.1) is 10.2 Å². The predicted octanol–water partition coefficient (Wildman–Crippen LogP) is 2.84. The van der Waals surface area contributed by atoms with Crippen molar-refractivity contribution >= 4 is 11.6 Å². The number of rotatable bonds is 9. The largest absolute Gasteiger partial charge is 0.372 e. The number of carbonyl (C=O) groups is 1. The summed E-state index contributed by atoms with van der Waals surface area (Å²) < 4.78 is 2.18. The van der Waals surface area contributed by atoms with E-state index in [-0.39, 0.29) is 11.8 Å². The van der Waals surface area contributed by atoms with Gasteiger partial charge in [0.2, 0.25) is 5.91 Å². The minimum Gasteiger partial charge on any atom is -0.372 e. The van der Waals surface area contributed by atoms with Gasteiger partial charge in [-0.2, -0.15) is 0 Å². The molecule has 1 atom stereocenters. The Morgan fingerprint density at radius 1 is 1.10 bits per heavy atom. The highest BCUT2D eigenvalue weighted by atomic mass is 16.1. The van der Waals surface area contributed by atoms with Crippen LogP contribution in [0, 0.1) is 5.92 Å². The molecule has 0 fully saturated rings. The maximum atomic E-state index is 12.1. The van der Waals surface area contributed by atoms with Crippen molar-refractivity contribution in [1.82, 2.24) is 25.0 Å². The second-order valence-electron chi connectivity index (χ2n) is 8.08. The van der Waals surface area contributed by atoms with E-state index in [0.717, 1.165) is 63.8 Å². The van der Waals surface area contributed by atoms with E-state index in [1.54, 1.807) is 0 Å². The Hall–Kier alpha value is -2.41. The van der Waals surface area contributed by atoms with Crippen LogP contribution in [0.2, 0.25) is 0 Å². The van der Waals surface area contributed by atoms with Crippen LogP contribution in [0.1, 0.15) is 51.3 Å². The van der Waals surface area contributed by atoms with Crippen LogP contribution in [0.3, 0.4) is 0 Å². The fraction of sp³-hybridized carbons (Fsp3) is 0.609. The van der Waals surface area contributed by atoms with E-state index in [0.29, 0.717) is 6.54 Å². The number of amides is 1. The first-order valence-corrected chi connectivity index (χ1v) is 11.3. The second kappa shape index (κ2) is 10.6. The summed E-state index contributed by atoms with van der Waals surface area (Å²) in [7, 11) is 0. The average Bonchev–Trinajstić information content (AvgIpc) is 3.05. The molecule has 2 heterocycles. The van der Waals surface area contributed by atoms with E-state index < -0.39 is 0 Å². The summed E-state index contributed by atoms with van der Waals surface area (Å²) in [6.07, 6.45) is 1.72. The molecule has 30 heavy (non-hydrogen) atoms. The van der Waals surface area contributed by atoms with Gasteiger partial charge in [-0.05, 0) is 38.0 Å². The summed E-state index contributed by atoms with van der Waals surface area (Å²) in [5.41, 5.74) is 2.62. The lowest BCUT2D eigenvalue weighted by Crippen LogP contribution is -2.30. The van der Waals surface area contributed by atoms with Gasteiger partial charge in [0.15, 0.2) is 5.82 Å². The third kappa shape index (κ3) is 5.39. The zero-order valence-electron chi connectivity index (χ0n) is 18.9. The SMILES string of the molecule is CCC(C)C(=O)NCc1nnc2n1CCN(Cc1ccc(N(CC)CC)cc1)CC2. The first-order chi connectivity index (χ1) is 14.5. The molecule has 0 bridgehead atoms. The quantitative estimate of drug-likeness (QED) is 0.686. The number of nitrogens with zero attached hydrogens (tertiary/aromatic N) is 5. The number of hydrogen-bond donors (Lipinski definition) is 1. The van der Waals surface area contributed by atoms with Crippen molar-refractivity contribution in [1.29, 1.82) is 0 Å². The Morgan fingerprint density at radius 3 is 2.50 bits per heavy atom. The minimum atomic E-state index is 0.0279. The third-order valence-electron chi connectivity index (χ3n) is 6.15. The molecule has 7 heteroatoms. The molecule has 0 saturated heterocycles. The van der Waals surface area contributed by atoms with Crippen LogP contribution in [0.5, 0.6) is 0 Å². The van der Waals surface area contributed by atoms with Crippen molar-refractivity contribution in [3.05, 3.63) is 41.5 Å². The molecule has 1 amide bonds. The monoisotopic (exact) mass is 412 g/mol. The van der Waals surface area contributed by atoms with Gasteiger partial charge in [-0.3, -0.25) is 9.69 Å². The topological polar surface area (TPSA) is 66.3 Å². The fourth-order valence-electron chi connectivity index (χ4n) is 3.90. The van der Waals surface area contributed by atoms with Crippen LogP contribution >= 0.6 is 0 Å². The summed E-state index contributed by atoms with van der Waals surface area (Å²) in [4.78, 5) is 16.9. The lowest BCUT2D eigenvalue weighted by molar-refractivity contribution is -0.124. The van der Waals surface area contributed by atoms with Gasteiger partial charge < -0.3 is 14.8 Å². The zero-order chi connectivity index (χ0) is 21.5. The smallest absolute Gasteiger partial charge is 0.223 e. The van der Waals surface area contributed by atoms with Gasteiger partial charge >= 0.3 is 0 Å². The molecule has 164 valence electrons. The van der Waals surface area contributed by atoms with Gasteiger partial charge in [-0.25, -0.2) is 0 Å². The van der Waals surface area contributed by atoms with Crippen molar-refractivity contribution in [2.24, 2.45) is 5.92 Å². The Labute approximate surface area is 180 Å². The molecule has 1 aromatic carbocycles. The Balaban J connectivity index is 1.56. The molecule has 1 unspecified atom stereocenters. The van der Waals surface area contributed by atoms with E-state index in [9.17, 15) is 4.79 Å². The van der Waals surface area contributed by atoms with Crippen LogP contribution in [0.15, 0.2) is 24.3 Å². The molecule has 1 aliphatic rings. The van der Waals surface area contributed by atoms with Crippen LogP contribution in [0.25, 0.3) is 0 Å². The van der Waals surface area contributed by atoms with Crippen molar-refractivity contribution in [3.63, 3.8) is 0 Å². The second-order valence-corrected chi connectivity index (χ2v) is 8.08. The molecule has 1 aliphatic heterocycles. The van der Waals surface area contributed by atoms with Gasteiger partial charge in [0, 0.05) is 57.3 Å². The molecule has 2 aromatic rings. The Morgan fingerprint density at radius 2 is 1.83 bits per heavy atom. The fourth-order valence-corrected chi connectivity index (χ4v) is 3.90. The first kappa shape index (κ1) is 22.3. The van der Waals surface area contributed by atoms with E-state index >= 15 is 0 Å². The summed E-state index contributed by atoms with van der Waals surface area (Å²) in [5.74, 6) is 1.98. The lowest BCUT2D eigenvalue weighted by Gasteiger charge is -2.23. The summed E-state index contributed by atoms with van der Waals surface area (Å²) in [6.45, 7) is 14.6.